The Morgan fingerprint density at radius 2 is 1.92 bits per heavy atom. The van der Waals surface area contributed by atoms with E-state index < -0.39 is 16.0 Å². The van der Waals surface area contributed by atoms with Crippen molar-refractivity contribution in [2.75, 3.05) is 11.8 Å². The van der Waals surface area contributed by atoms with Crippen LogP contribution in [0.5, 0.6) is 5.75 Å². The highest BCUT2D eigenvalue weighted by Crippen LogP contribution is 2.24. The molecule has 0 atom stereocenters. The van der Waals surface area contributed by atoms with Crippen molar-refractivity contribution in [2.24, 2.45) is 0 Å². The van der Waals surface area contributed by atoms with E-state index >= 15 is 0 Å². The van der Waals surface area contributed by atoms with Crippen LogP contribution in [-0.4, -0.2) is 26.6 Å². The molecule has 136 valence electrons. The van der Waals surface area contributed by atoms with Crippen molar-refractivity contribution in [3.8, 4) is 17.6 Å². The van der Waals surface area contributed by atoms with Gasteiger partial charge in [-0.15, -0.1) is 0 Å². The van der Waals surface area contributed by atoms with Crippen molar-refractivity contribution in [2.45, 2.75) is 17.7 Å². The van der Waals surface area contributed by atoms with Gasteiger partial charge in [0.15, 0.2) is 0 Å². The van der Waals surface area contributed by atoms with Gasteiger partial charge >= 0.3 is 5.97 Å². The second-order valence-corrected chi connectivity index (χ2v) is 7.29. The lowest BCUT2D eigenvalue weighted by Crippen LogP contribution is -2.13. The fourth-order valence-corrected chi connectivity index (χ4v) is 3.25. The first-order valence-electron chi connectivity index (χ1n) is 7.49. The fourth-order valence-electron chi connectivity index (χ4n) is 1.99. The predicted molar refractivity (Wildman–Crippen MR) is 99.0 cm³/mol. The van der Waals surface area contributed by atoms with Gasteiger partial charge in [-0.25, -0.2) is 8.42 Å². The van der Waals surface area contributed by atoms with Gasteiger partial charge in [0.1, 0.15) is 5.75 Å². The molecule has 0 bridgehead atoms. The Morgan fingerprint density at radius 3 is 2.54 bits per heavy atom. The number of sulfonamides is 1. The summed E-state index contributed by atoms with van der Waals surface area (Å²) >= 11 is 5.95. The highest BCUT2D eigenvalue weighted by atomic mass is 35.5. The number of rotatable bonds is 6. The van der Waals surface area contributed by atoms with Gasteiger partial charge in [-0.1, -0.05) is 23.4 Å². The van der Waals surface area contributed by atoms with Gasteiger partial charge in [-0.3, -0.25) is 9.52 Å². The number of nitrogens with one attached hydrogen (secondary N) is 1. The molecule has 2 rings (SSSR count). The molecule has 0 saturated heterocycles. The van der Waals surface area contributed by atoms with Crippen LogP contribution in [0.15, 0.2) is 47.4 Å². The molecule has 0 heterocycles. The largest absolute Gasteiger partial charge is 0.497 e. The smallest absolute Gasteiger partial charge is 0.304 e. The minimum absolute atomic E-state index is 0.0676. The van der Waals surface area contributed by atoms with E-state index in [4.69, 9.17) is 21.4 Å². The molecule has 2 aromatic rings. The molecule has 0 saturated carbocycles. The summed E-state index contributed by atoms with van der Waals surface area (Å²) in [6.07, 6.45) is 0.0486. The van der Waals surface area contributed by atoms with Crippen molar-refractivity contribution in [1.29, 1.82) is 0 Å². The molecule has 6 nitrogen and oxygen atoms in total. The Bertz CT molecular complexity index is 959. The molecule has 2 N–H and O–H groups in total. The van der Waals surface area contributed by atoms with Crippen LogP contribution in [0.3, 0.4) is 0 Å². The van der Waals surface area contributed by atoms with Gasteiger partial charge < -0.3 is 9.84 Å². The number of carbonyl (C=O) groups is 1. The minimum atomic E-state index is -3.83. The Labute approximate surface area is 156 Å². The van der Waals surface area contributed by atoms with Crippen LogP contribution in [0.25, 0.3) is 0 Å². The Morgan fingerprint density at radius 1 is 1.23 bits per heavy atom. The molecule has 0 aromatic heterocycles. The van der Waals surface area contributed by atoms with E-state index in [1.165, 1.54) is 37.4 Å². The second-order valence-electron chi connectivity index (χ2n) is 5.17. The summed E-state index contributed by atoms with van der Waals surface area (Å²) in [4.78, 5) is 10.6. The van der Waals surface area contributed by atoms with Crippen LogP contribution in [-0.2, 0) is 14.8 Å². The number of carboxylic acids is 1. The first-order valence-corrected chi connectivity index (χ1v) is 9.35. The minimum Gasteiger partial charge on any atom is -0.497 e. The van der Waals surface area contributed by atoms with Crippen molar-refractivity contribution < 1.29 is 23.1 Å². The van der Waals surface area contributed by atoms with E-state index in [-0.39, 0.29) is 23.4 Å². The van der Waals surface area contributed by atoms with Crippen molar-refractivity contribution in [1.82, 2.24) is 0 Å². The third kappa shape index (κ3) is 5.41. The maximum absolute atomic E-state index is 12.5. The summed E-state index contributed by atoms with van der Waals surface area (Å²) in [7, 11) is -2.34. The molecule has 0 fully saturated rings. The predicted octanol–water partition coefficient (Wildman–Crippen LogP) is 3.37. The molecule has 8 heteroatoms. The second kappa shape index (κ2) is 8.61. The normalized spacial score (nSPS) is 10.5. The van der Waals surface area contributed by atoms with Crippen molar-refractivity contribution >= 4 is 33.3 Å². The molecule has 0 amide bonds. The van der Waals surface area contributed by atoms with Crippen LogP contribution in [0.4, 0.5) is 5.69 Å². The summed E-state index contributed by atoms with van der Waals surface area (Å²) in [5, 5.41) is 9.02. The highest BCUT2D eigenvalue weighted by Gasteiger charge is 2.16. The van der Waals surface area contributed by atoms with E-state index in [9.17, 15) is 13.2 Å². The lowest BCUT2D eigenvalue weighted by molar-refractivity contribution is -0.136. The zero-order valence-corrected chi connectivity index (χ0v) is 15.4. The van der Waals surface area contributed by atoms with Crippen LogP contribution in [0, 0.1) is 11.8 Å². The van der Waals surface area contributed by atoms with E-state index in [0.29, 0.717) is 16.3 Å². The highest BCUT2D eigenvalue weighted by molar-refractivity contribution is 7.92. The molecule has 0 unspecified atom stereocenters. The molecule has 26 heavy (non-hydrogen) atoms. The van der Waals surface area contributed by atoms with Gasteiger partial charge in [0.25, 0.3) is 10.0 Å². The third-order valence-corrected chi connectivity index (χ3v) is 4.90. The Hall–Kier alpha value is -2.69. The Kier molecular flexibility index (Phi) is 6.50. The number of halogens is 1. The fraction of sp³-hybridized carbons (Fsp3) is 0.167. The van der Waals surface area contributed by atoms with Crippen LogP contribution < -0.4 is 9.46 Å². The average Bonchev–Trinajstić information content (AvgIpc) is 2.60. The van der Waals surface area contributed by atoms with Crippen molar-refractivity contribution in [3.05, 3.63) is 53.1 Å². The molecule has 0 aliphatic rings. The van der Waals surface area contributed by atoms with Gasteiger partial charge in [0, 0.05) is 11.4 Å². The number of aliphatic carboxylic acids is 1. The molecular formula is C18H16ClNO5S. The standard InChI is InChI=1S/C18H16ClNO5S/c1-25-15-7-9-16(10-8-15)26(23,24)20-17-11-6-14(19)12-13(17)4-2-3-5-18(21)22/h6-12,20H,3,5H2,1H3,(H,21,22). The van der Waals surface area contributed by atoms with Gasteiger partial charge in [-0.2, -0.15) is 0 Å². The maximum atomic E-state index is 12.5. The summed E-state index contributed by atoms with van der Waals surface area (Å²) in [5.41, 5.74) is 0.619. The monoisotopic (exact) mass is 393 g/mol. The summed E-state index contributed by atoms with van der Waals surface area (Å²) < 4.78 is 32.6. The summed E-state index contributed by atoms with van der Waals surface area (Å²) in [6, 6.07) is 10.5. The van der Waals surface area contributed by atoms with Gasteiger partial charge in [-0.05, 0) is 42.5 Å². The number of hydrogen-bond donors (Lipinski definition) is 2. The lowest BCUT2D eigenvalue weighted by Gasteiger charge is -2.11. The van der Waals surface area contributed by atoms with Crippen LogP contribution in [0.2, 0.25) is 5.02 Å². The Balaban J connectivity index is 2.28. The summed E-state index contributed by atoms with van der Waals surface area (Å²) in [5.74, 6) is 5.05. The lowest BCUT2D eigenvalue weighted by atomic mass is 10.2. The molecule has 0 aliphatic heterocycles. The van der Waals surface area contributed by atoms with Crippen LogP contribution >= 0.6 is 11.6 Å². The number of carboxylic acid groups (broad SMARTS) is 1. The van der Waals surface area contributed by atoms with Gasteiger partial charge in [0.2, 0.25) is 0 Å². The quantitative estimate of drug-likeness (QED) is 0.734. The number of hydrogen-bond acceptors (Lipinski definition) is 4. The van der Waals surface area contributed by atoms with Crippen LogP contribution in [0.1, 0.15) is 18.4 Å². The molecule has 0 radical (unpaired) electrons. The molecule has 2 aromatic carbocycles. The van der Waals surface area contributed by atoms with Gasteiger partial charge in [0.05, 0.1) is 29.7 Å². The number of ether oxygens (including phenoxy) is 1. The molecule has 0 aliphatic carbocycles. The van der Waals surface area contributed by atoms with E-state index in [1.807, 2.05) is 0 Å². The maximum Gasteiger partial charge on any atom is 0.304 e. The average molecular weight is 394 g/mol. The zero-order valence-electron chi connectivity index (χ0n) is 13.8. The zero-order chi connectivity index (χ0) is 19.2. The topological polar surface area (TPSA) is 92.7 Å². The van der Waals surface area contributed by atoms with E-state index in [0.717, 1.165) is 0 Å². The SMILES string of the molecule is COc1ccc(S(=O)(=O)Nc2ccc(Cl)cc2C#CCCC(=O)O)cc1. The van der Waals surface area contributed by atoms with E-state index in [1.54, 1.807) is 12.1 Å². The third-order valence-electron chi connectivity index (χ3n) is 3.28. The number of anilines is 1. The molecule has 0 spiro atoms. The van der Waals surface area contributed by atoms with Crippen molar-refractivity contribution in [3.63, 3.8) is 0 Å². The first-order chi connectivity index (χ1) is 12.3. The number of benzene rings is 2. The number of methoxy groups -OCH3 is 1. The molecular weight excluding hydrogens is 378 g/mol. The first kappa shape index (κ1) is 19.6. The summed E-state index contributed by atoms with van der Waals surface area (Å²) in [6.45, 7) is 0. The van der Waals surface area contributed by atoms with E-state index in [2.05, 4.69) is 16.6 Å².